The minimum absolute atomic E-state index is 0.151. The van der Waals surface area contributed by atoms with Gasteiger partial charge in [-0.25, -0.2) is 9.18 Å². The van der Waals surface area contributed by atoms with Crippen LogP contribution in [0.5, 0.6) is 0 Å². The number of carboxylic acid groups (broad SMARTS) is 1. The van der Waals surface area contributed by atoms with Gasteiger partial charge in [-0.3, -0.25) is 14.9 Å². The molecule has 0 aliphatic carbocycles. The van der Waals surface area contributed by atoms with Gasteiger partial charge in [-0.05, 0) is 32.0 Å². The number of carbonyl (C=O) groups is 3. The van der Waals surface area contributed by atoms with Crippen LogP contribution in [0.15, 0.2) is 18.2 Å². The van der Waals surface area contributed by atoms with E-state index in [1.165, 1.54) is 26.0 Å². The molecule has 0 heterocycles. The number of urea groups is 1. The van der Waals surface area contributed by atoms with Crippen LogP contribution in [-0.2, 0) is 9.59 Å². The highest BCUT2D eigenvalue weighted by Crippen LogP contribution is 2.20. The molecule has 0 aliphatic heterocycles. The van der Waals surface area contributed by atoms with E-state index in [1.807, 2.05) is 5.32 Å². The number of aliphatic carboxylic acids is 1. The van der Waals surface area contributed by atoms with Crippen LogP contribution in [0, 0.1) is 11.2 Å². The third-order valence-corrected chi connectivity index (χ3v) is 2.85. The molecule has 8 heteroatoms. The molecular weight excluding hydrogens is 303 g/mol. The molecule has 0 radical (unpaired) electrons. The molecule has 0 aromatic heterocycles. The predicted octanol–water partition coefficient (Wildman–Crippen LogP) is 2.63. The van der Waals surface area contributed by atoms with Crippen molar-refractivity contribution in [2.45, 2.75) is 20.3 Å². The fraction of sp³-hybridized carbons (Fsp3) is 0.308. The maximum absolute atomic E-state index is 13.4. The number of anilines is 1. The highest BCUT2D eigenvalue weighted by atomic mass is 35.5. The number of halogens is 2. The molecule has 0 atom stereocenters. The third-order valence-electron chi connectivity index (χ3n) is 2.61. The summed E-state index contributed by atoms with van der Waals surface area (Å²) in [6.45, 7) is 2.71. The van der Waals surface area contributed by atoms with Gasteiger partial charge in [-0.1, -0.05) is 11.6 Å². The molecule has 0 saturated heterocycles. The third kappa shape index (κ3) is 5.03. The number of amides is 3. The summed E-state index contributed by atoms with van der Waals surface area (Å²) in [5.74, 6) is -2.70. The van der Waals surface area contributed by atoms with Crippen molar-refractivity contribution in [3.8, 4) is 0 Å². The molecule has 0 fully saturated rings. The Balaban J connectivity index is 2.61. The molecule has 6 nitrogen and oxygen atoms in total. The molecule has 114 valence electrons. The lowest BCUT2D eigenvalue weighted by atomic mass is 9.89. The Kier molecular flexibility index (Phi) is 5.26. The minimum atomic E-state index is -1.31. The molecule has 0 spiro atoms. The summed E-state index contributed by atoms with van der Waals surface area (Å²) in [5, 5.41) is 13.1. The van der Waals surface area contributed by atoms with Gasteiger partial charge in [-0.2, -0.15) is 0 Å². The summed E-state index contributed by atoms with van der Waals surface area (Å²) >= 11 is 5.56. The summed E-state index contributed by atoms with van der Waals surface area (Å²) in [5.41, 5.74) is -1.46. The molecule has 0 aliphatic rings. The van der Waals surface area contributed by atoms with Crippen molar-refractivity contribution in [2.24, 2.45) is 5.41 Å². The van der Waals surface area contributed by atoms with E-state index < -0.39 is 35.6 Å². The Labute approximate surface area is 125 Å². The first-order valence-corrected chi connectivity index (χ1v) is 6.29. The van der Waals surface area contributed by atoms with Crippen LogP contribution in [0.4, 0.5) is 14.9 Å². The van der Waals surface area contributed by atoms with Crippen molar-refractivity contribution in [1.82, 2.24) is 5.32 Å². The second-order valence-electron chi connectivity index (χ2n) is 4.99. The number of rotatable bonds is 4. The normalized spacial score (nSPS) is 10.9. The Morgan fingerprint density at radius 1 is 1.33 bits per heavy atom. The zero-order valence-electron chi connectivity index (χ0n) is 11.4. The van der Waals surface area contributed by atoms with Gasteiger partial charge in [0.1, 0.15) is 5.82 Å². The molecule has 3 amide bonds. The molecule has 1 rings (SSSR count). The van der Waals surface area contributed by atoms with Gasteiger partial charge in [0.25, 0.3) is 0 Å². The van der Waals surface area contributed by atoms with Crippen LogP contribution < -0.4 is 10.6 Å². The first-order valence-electron chi connectivity index (χ1n) is 5.91. The monoisotopic (exact) mass is 316 g/mol. The average molecular weight is 317 g/mol. The second kappa shape index (κ2) is 6.53. The molecule has 3 N–H and O–H groups in total. The fourth-order valence-corrected chi connectivity index (χ4v) is 1.55. The lowest BCUT2D eigenvalue weighted by Gasteiger charge is -2.17. The summed E-state index contributed by atoms with van der Waals surface area (Å²) < 4.78 is 13.4. The number of nitrogens with one attached hydrogen (secondary N) is 2. The summed E-state index contributed by atoms with van der Waals surface area (Å²) in [6.07, 6.45) is -0.390. The lowest BCUT2D eigenvalue weighted by molar-refractivity contribution is -0.149. The minimum Gasteiger partial charge on any atom is -0.481 e. The van der Waals surface area contributed by atoms with Crippen LogP contribution >= 0.6 is 11.6 Å². The maximum atomic E-state index is 13.4. The van der Waals surface area contributed by atoms with Gasteiger partial charge in [0, 0.05) is 11.4 Å². The van der Waals surface area contributed by atoms with Crippen molar-refractivity contribution in [3.63, 3.8) is 0 Å². The highest BCUT2D eigenvalue weighted by Gasteiger charge is 2.30. The summed E-state index contributed by atoms with van der Waals surface area (Å²) in [7, 11) is 0. The van der Waals surface area contributed by atoms with E-state index in [9.17, 15) is 18.8 Å². The van der Waals surface area contributed by atoms with Gasteiger partial charge in [0.15, 0.2) is 0 Å². The van der Waals surface area contributed by atoms with Crippen LogP contribution in [0.1, 0.15) is 20.3 Å². The summed E-state index contributed by atoms with van der Waals surface area (Å²) in [6, 6.07) is 2.66. The SMILES string of the molecule is CC(C)(CC(=O)NC(=O)Nc1ccc(Cl)cc1F)C(=O)O. The molecule has 0 bridgehead atoms. The number of carbonyl (C=O) groups excluding carboxylic acids is 2. The largest absolute Gasteiger partial charge is 0.481 e. The predicted molar refractivity (Wildman–Crippen MR) is 74.6 cm³/mol. The van der Waals surface area contributed by atoms with Crippen LogP contribution in [-0.4, -0.2) is 23.0 Å². The topological polar surface area (TPSA) is 95.5 Å². The quantitative estimate of drug-likeness (QED) is 0.795. The van der Waals surface area contributed by atoms with E-state index >= 15 is 0 Å². The van der Waals surface area contributed by atoms with Crippen molar-refractivity contribution in [3.05, 3.63) is 29.0 Å². The Morgan fingerprint density at radius 2 is 1.95 bits per heavy atom. The highest BCUT2D eigenvalue weighted by molar-refractivity contribution is 6.30. The first-order chi connectivity index (χ1) is 9.61. The zero-order valence-corrected chi connectivity index (χ0v) is 12.1. The first kappa shape index (κ1) is 16.9. The average Bonchev–Trinajstić information content (AvgIpc) is 2.31. The molecule has 0 saturated carbocycles. The van der Waals surface area contributed by atoms with Gasteiger partial charge in [-0.15, -0.1) is 0 Å². The fourth-order valence-electron chi connectivity index (χ4n) is 1.39. The van der Waals surface area contributed by atoms with Gasteiger partial charge in [0.2, 0.25) is 5.91 Å². The molecule has 1 aromatic rings. The van der Waals surface area contributed by atoms with Gasteiger partial charge >= 0.3 is 12.0 Å². The standard InChI is InChI=1S/C13H14ClFN2O4/c1-13(2,11(19)20)6-10(18)17-12(21)16-9-4-3-7(14)5-8(9)15/h3-5H,6H2,1-2H3,(H,19,20)(H2,16,17,18,21). The van der Waals surface area contributed by atoms with Crippen molar-refractivity contribution in [2.75, 3.05) is 5.32 Å². The van der Waals surface area contributed by atoms with Crippen LogP contribution in [0.2, 0.25) is 5.02 Å². The van der Waals surface area contributed by atoms with E-state index in [0.29, 0.717) is 0 Å². The van der Waals surface area contributed by atoms with Crippen LogP contribution in [0.25, 0.3) is 0 Å². The Bertz CT molecular complexity index is 590. The lowest BCUT2D eigenvalue weighted by Crippen LogP contribution is -2.38. The Hall–Kier alpha value is -2.15. The van der Waals surface area contributed by atoms with Crippen molar-refractivity contribution < 1.29 is 23.9 Å². The number of carboxylic acids is 1. The van der Waals surface area contributed by atoms with E-state index in [2.05, 4.69) is 5.32 Å². The van der Waals surface area contributed by atoms with E-state index in [4.69, 9.17) is 16.7 Å². The smallest absolute Gasteiger partial charge is 0.325 e. The van der Waals surface area contributed by atoms with E-state index in [1.54, 1.807) is 0 Å². The maximum Gasteiger partial charge on any atom is 0.325 e. The van der Waals surface area contributed by atoms with E-state index in [-0.39, 0.29) is 10.7 Å². The number of benzene rings is 1. The van der Waals surface area contributed by atoms with E-state index in [0.717, 1.165) is 6.07 Å². The number of hydrogen-bond donors (Lipinski definition) is 3. The van der Waals surface area contributed by atoms with Gasteiger partial charge in [0.05, 0.1) is 11.1 Å². The van der Waals surface area contributed by atoms with Gasteiger partial charge < -0.3 is 10.4 Å². The molecule has 1 aromatic carbocycles. The van der Waals surface area contributed by atoms with Crippen LogP contribution in [0.3, 0.4) is 0 Å². The van der Waals surface area contributed by atoms with Crippen molar-refractivity contribution >= 4 is 35.2 Å². The Morgan fingerprint density at radius 3 is 2.48 bits per heavy atom. The molecule has 0 unspecified atom stereocenters. The molecule has 21 heavy (non-hydrogen) atoms. The molecular formula is C13H14ClFN2O4. The summed E-state index contributed by atoms with van der Waals surface area (Å²) in [4.78, 5) is 33.9. The second-order valence-corrected chi connectivity index (χ2v) is 5.43. The van der Waals surface area contributed by atoms with Crippen molar-refractivity contribution in [1.29, 1.82) is 0 Å². The zero-order chi connectivity index (χ0) is 16.2. The number of imide groups is 1. The number of hydrogen-bond acceptors (Lipinski definition) is 3.